The lowest BCUT2D eigenvalue weighted by Gasteiger charge is -2.28. The molecule has 2 saturated heterocycles. The molecule has 24 heavy (non-hydrogen) atoms. The Kier molecular flexibility index (Phi) is 6.04. The number of rotatable bonds is 5. The van der Waals surface area contributed by atoms with Gasteiger partial charge in [-0.1, -0.05) is 12.1 Å². The zero-order chi connectivity index (χ0) is 16.8. The van der Waals surface area contributed by atoms with Gasteiger partial charge in [-0.3, -0.25) is 4.90 Å². The summed E-state index contributed by atoms with van der Waals surface area (Å²) in [4.78, 5) is 16.7. The third kappa shape index (κ3) is 4.68. The van der Waals surface area contributed by atoms with Gasteiger partial charge >= 0.3 is 6.03 Å². The first-order valence-electron chi connectivity index (χ1n) is 8.81. The Hall–Kier alpha value is -1.66. The first kappa shape index (κ1) is 17.2. The summed E-state index contributed by atoms with van der Waals surface area (Å²) >= 11 is 0. The molecule has 2 aliphatic heterocycles. The van der Waals surface area contributed by atoms with Crippen LogP contribution in [0.25, 0.3) is 0 Å². The van der Waals surface area contributed by atoms with E-state index in [-0.39, 0.29) is 17.9 Å². The number of likely N-dealkylation sites (tertiary alicyclic amines) is 1. The smallest absolute Gasteiger partial charge is 0.317 e. The largest absolute Gasteiger partial charge is 0.379 e. The van der Waals surface area contributed by atoms with Gasteiger partial charge in [0.15, 0.2) is 0 Å². The summed E-state index contributed by atoms with van der Waals surface area (Å²) < 4.78 is 18.7. The monoisotopic (exact) mass is 335 g/mol. The second-order valence-electron chi connectivity index (χ2n) is 6.51. The van der Waals surface area contributed by atoms with E-state index in [9.17, 15) is 9.18 Å². The van der Waals surface area contributed by atoms with Crippen LogP contribution in [0.3, 0.4) is 0 Å². The lowest BCUT2D eigenvalue weighted by atomic mass is 10.0. The number of carbonyl (C=O) groups excluding carboxylic acids is 1. The second kappa shape index (κ2) is 8.44. The number of carbonyl (C=O) groups is 1. The van der Waals surface area contributed by atoms with Crippen LogP contribution in [-0.4, -0.2) is 67.8 Å². The molecule has 1 aromatic rings. The molecule has 1 aromatic carbocycles. The minimum absolute atomic E-state index is 0.00200. The molecule has 1 atom stereocenters. The molecule has 2 amide bonds. The van der Waals surface area contributed by atoms with Gasteiger partial charge in [0.25, 0.3) is 0 Å². The number of nitrogens with zero attached hydrogens (tertiary/aromatic N) is 2. The van der Waals surface area contributed by atoms with Crippen molar-refractivity contribution in [2.75, 3.05) is 45.9 Å². The van der Waals surface area contributed by atoms with Crippen LogP contribution in [0.5, 0.6) is 0 Å². The predicted octanol–water partition coefficient (Wildman–Crippen LogP) is 1.87. The minimum atomic E-state index is -0.216. The minimum Gasteiger partial charge on any atom is -0.379 e. The third-order valence-electron chi connectivity index (χ3n) is 4.81. The zero-order valence-corrected chi connectivity index (χ0v) is 14.0. The molecule has 6 heteroatoms. The van der Waals surface area contributed by atoms with Gasteiger partial charge < -0.3 is 15.0 Å². The molecule has 0 radical (unpaired) electrons. The van der Waals surface area contributed by atoms with Crippen LogP contribution in [0.4, 0.5) is 9.18 Å². The van der Waals surface area contributed by atoms with Gasteiger partial charge in [0.2, 0.25) is 0 Å². The van der Waals surface area contributed by atoms with Crippen molar-refractivity contribution in [3.8, 4) is 0 Å². The lowest BCUT2D eigenvalue weighted by Crippen LogP contribution is -2.47. The summed E-state index contributed by atoms with van der Waals surface area (Å²) in [6.07, 6.45) is 2.71. The summed E-state index contributed by atoms with van der Waals surface area (Å²) in [7, 11) is 0. The van der Waals surface area contributed by atoms with Gasteiger partial charge in [0, 0.05) is 38.8 Å². The molecule has 2 heterocycles. The Morgan fingerprint density at radius 3 is 2.92 bits per heavy atom. The fourth-order valence-corrected chi connectivity index (χ4v) is 3.50. The van der Waals surface area contributed by atoms with Gasteiger partial charge in [-0.25, -0.2) is 9.18 Å². The molecule has 2 aliphatic rings. The molecule has 0 spiro atoms. The normalized spacial score (nSPS) is 21.9. The van der Waals surface area contributed by atoms with Crippen molar-refractivity contribution in [2.24, 2.45) is 0 Å². The van der Waals surface area contributed by atoms with Crippen molar-refractivity contribution in [1.29, 1.82) is 0 Å². The molecule has 0 bridgehead atoms. The molecule has 3 rings (SSSR count). The lowest BCUT2D eigenvalue weighted by molar-refractivity contribution is 0.0385. The van der Waals surface area contributed by atoms with E-state index in [2.05, 4.69) is 10.2 Å². The number of ether oxygens (including phenoxy) is 1. The number of hydrogen-bond donors (Lipinski definition) is 1. The van der Waals surface area contributed by atoms with Crippen molar-refractivity contribution >= 4 is 6.03 Å². The zero-order valence-electron chi connectivity index (χ0n) is 14.0. The maximum atomic E-state index is 13.3. The van der Waals surface area contributed by atoms with Gasteiger partial charge in [0.05, 0.1) is 13.2 Å². The Labute approximate surface area is 142 Å². The summed E-state index contributed by atoms with van der Waals surface area (Å²) in [5.41, 5.74) is 0.952. The molecule has 2 fully saturated rings. The quantitative estimate of drug-likeness (QED) is 0.893. The highest BCUT2D eigenvalue weighted by Crippen LogP contribution is 2.21. The number of hydrogen-bond acceptors (Lipinski definition) is 3. The fraction of sp³-hybridized carbons (Fsp3) is 0.611. The third-order valence-corrected chi connectivity index (χ3v) is 4.81. The van der Waals surface area contributed by atoms with Crippen molar-refractivity contribution < 1.29 is 13.9 Å². The maximum absolute atomic E-state index is 13.3. The number of benzene rings is 1. The van der Waals surface area contributed by atoms with Gasteiger partial charge in [0.1, 0.15) is 5.82 Å². The number of morpholine rings is 1. The second-order valence-corrected chi connectivity index (χ2v) is 6.51. The Bertz CT molecular complexity index is 549. The summed E-state index contributed by atoms with van der Waals surface area (Å²) in [5, 5.41) is 3.03. The van der Waals surface area contributed by atoms with E-state index in [0.29, 0.717) is 13.0 Å². The highest BCUT2D eigenvalue weighted by molar-refractivity contribution is 5.74. The van der Waals surface area contributed by atoms with Crippen LogP contribution in [0.15, 0.2) is 24.3 Å². The first-order valence-corrected chi connectivity index (χ1v) is 8.81. The molecule has 0 saturated carbocycles. The van der Waals surface area contributed by atoms with Crippen LogP contribution in [0.1, 0.15) is 18.4 Å². The number of amides is 2. The molecular formula is C18H26FN3O2. The highest BCUT2D eigenvalue weighted by Gasteiger charge is 2.28. The average Bonchev–Trinajstić information content (AvgIpc) is 3.04. The van der Waals surface area contributed by atoms with E-state index in [1.54, 1.807) is 12.1 Å². The Morgan fingerprint density at radius 2 is 2.12 bits per heavy atom. The molecule has 0 aliphatic carbocycles. The number of halogens is 1. The van der Waals surface area contributed by atoms with Crippen molar-refractivity contribution in [3.63, 3.8) is 0 Å². The van der Waals surface area contributed by atoms with E-state index in [0.717, 1.165) is 57.8 Å². The number of nitrogens with one attached hydrogen (secondary N) is 1. The summed E-state index contributed by atoms with van der Waals surface area (Å²) in [6, 6.07) is 6.83. The molecule has 132 valence electrons. The molecule has 1 unspecified atom stereocenters. The van der Waals surface area contributed by atoms with Crippen LogP contribution in [-0.2, 0) is 11.2 Å². The van der Waals surface area contributed by atoms with Gasteiger partial charge in [-0.2, -0.15) is 0 Å². The summed E-state index contributed by atoms with van der Waals surface area (Å²) in [5.74, 6) is -0.216. The molecule has 5 nitrogen and oxygen atoms in total. The fourth-order valence-electron chi connectivity index (χ4n) is 3.50. The molecule has 0 aromatic heterocycles. The van der Waals surface area contributed by atoms with Crippen LogP contribution in [0, 0.1) is 5.82 Å². The highest BCUT2D eigenvalue weighted by atomic mass is 19.1. The first-order chi connectivity index (χ1) is 11.7. The van der Waals surface area contributed by atoms with Gasteiger partial charge in [-0.15, -0.1) is 0 Å². The Balaban J connectivity index is 1.46. The maximum Gasteiger partial charge on any atom is 0.317 e. The van der Waals surface area contributed by atoms with Crippen LogP contribution in [0.2, 0.25) is 0 Å². The SMILES string of the molecule is O=C(NCCN1CCOCC1)N1CCCC1Cc1cccc(F)c1. The van der Waals surface area contributed by atoms with Crippen LogP contribution < -0.4 is 5.32 Å². The van der Waals surface area contributed by atoms with E-state index in [1.807, 2.05) is 11.0 Å². The topological polar surface area (TPSA) is 44.8 Å². The van der Waals surface area contributed by atoms with Gasteiger partial charge in [-0.05, 0) is 37.0 Å². The van der Waals surface area contributed by atoms with E-state index in [1.165, 1.54) is 6.07 Å². The van der Waals surface area contributed by atoms with E-state index >= 15 is 0 Å². The molecular weight excluding hydrogens is 309 g/mol. The summed E-state index contributed by atoms with van der Waals surface area (Å²) in [6.45, 7) is 5.71. The van der Waals surface area contributed by atoms with Crippen molar-refractivity contribution in [3.05, 3.63) is 35.6 Å². The van der Waals surface area contributed by atoms with Crippen molar-refractivity contribution in [2.45, 2.75) is 25.3 Å². The van der Waals surface area contributed by atoms with E-state index in [4.69, 9.17) is 4.74 Å². The van der Waals surface area contributed by atoms with Crippen molar-refractivity contribution in [1.82, 2.24) is 15.1 Å². The van der Waals surface area contributed by atoms with Crippen LogP contribution >= 0.6 is 0 Å². The molecule has 1 N–H and O–H groups in total. The van der Waals surface area contributed by atoms with E-state index < -0.39 is 0 Å². The standard InChI is InChI=1S/C18H26FN3O2/c19-16-4-1-3-15(13-16)14-17-5-2-7-22(17)18(23)20-6-8-21-9-11-24-12-10-21/h1,3-4,13,17H,2,5-12,14H2,(H,20,23). The average molecular weight is 335 g/mol. The predicted molar refractivity (Wildman–Crippen MR) is 90.5 cm³/mol. The number of urea groups is 1. The Morgan fingerprint density at radius 1 is 1.29 bits per heavy atom.